The zero-order valence-corrected chi connectivity index (χ0v) is 17.7. The number of hydrogen-bond donors (Lipinski definition) is 0. The summed E-state index contributed by atoms with van der Waals surface area (Å²) in [7, 11) is -0.594. The van der Waals surface area contributed by atoms with Crippen LogP contribution in [0.5, 0.6) is 0 Å². The lowest BCUT2D eigenvalue weighted by atomic mass is 10.3. The molecule has 0 saturated heterocycles. The molecule has 0 bridgehead atoms. The predicted molar refractivity (Wildman–Crippen MR) is 109 cm³/mol. The first-order valence-corrected chi connectivity index (χ1v) is 11.2. The van der Waals surface area contributed by atoms with Crippen molar-refractivity contribution in [3.63, 3.8) is 0 Å². The van der Waals surface area contributed by atoms with Crippen LogP contribution >= 0.6 is 11.3 Å². The van der Waals surface area contributed by atoms with Gasteiger partial charge in [0.15, 0.2) is 5.82 Å². The Morgan fingerprint density at radius 3 is 2.66 bits per heavy atom. The number of hydrogen-bond acceptors (Lipinski definition) is 7. The molecule has 0 radical (unpaired) electrons. The van der Waals surface area contributed by atoms with Gasteiger partial charge in [0.25, 0.3) is 0 Å². The van der Waals surface area contributed by atoms with Crippen molar-refractivity contribution < 1.29 is 12.9 Å². The highest BCUT2D eigenvalue weighted by atomic mass is 32.2. The Labute approximate surface area is 170 Å². The van der Waals surface area contributed by atoms with Gasteiger partial charge in [-0.05, 0) is 36.6 Å². The lowest BCUT2D eigenvalue weighted by Gasteiger charge is -2.11. The Morgan fingerprint density at radius 1 is 1.21 bits per heavy atom. The quantitative estimate of drug-likeness (QED) is 0.462. The number of nitrogens with zero attached hydrogens (tertiary/aromatic N) is 5. The Hall–Kier alpha value is -2.76. The van der Waals surface area contributed by atoms with Gasteiger partial charge in [0, 0.05) is 20.6 Å². The molecular formula is C18H19N5O4S2. The van der Waals surface area contributed by atoms with Gasteiger partial charge in [-0.3, -0.25) is 4.52 Å². The fraction of sp³-hybridized carbons (Fsp3) is 0.278. The third kappa shape index (κ3) is 3.30. The molecule has 4 aromatic rings. The summed E-state index contributed by atoms with van der Waals surface area (Å²) in [5.41, 5.74) is 1.34. The molecule has 0 aliphatic rings. The average Bonchev–Trinajstić information content (AvgIpc) is 3.40. The molecule has 0 unspecified atom stereocenters. The van der Waals surface area contributed by atoms with Gasteiger partial charge >= 0.3 is 5.76 Å². The number of thiophene rings is 1. The number of aromatic nitrogens is 4. The van der Waals surface area contributed by atoms with Crippen LogP contribution in [0, 0.1) is 0 Å². The first kappa shape index (κ1) is 19.6. The summed E-state index contributed by atoms with van der Waals surface area (Å²) < 4.78 is 34.3. The second-order valence-corrected chi connectivity index (χ2v) is 9.65. The topological polar surface area (TPSA) is 103 Å². The fourth-order valence-electron chi connectivity index (χ4n) is 3.14. The van der Waals surface area contributed by atoms with Crippen LogP contribution in [0.1, 0.15) is 12.7 Å². The third-order valence-corrected chi connectivity index (χ3v) is 7.30. The lowest BCUT2D eigenvalue weighted by molar-refractivity contribution is 0.377. The van der Waals surface area contributed by atoms with Crippen LogP contribution in [-0.4, -0.2) is 46.1 Å². The van der Waals surface area contributed by atoms with E-state index < -0.39 is 15.8 Å². The van der Waals surface area contributed by atoms with Crippen molar-refractivity contribution in [3.05, 3.63) is 52.1 Å². The van der Waals surface area contributed by atoms with Gasteiger partial charge in [0.1, 0.15) is 5.82 Å². The maximum Gasteiger partial charge on any atom is 0.442 e. The minimum Gasteiger partial charge on any atom is -0.327 e. The molecule has 9 nitrogen and oxygen atoms in total. The molecule has 0 fully saturated rings. The zero-order valence-electron chi connectivity index (χ0n) is 16.1. The van der Waals surface area contributed by atoms with Crippen molar-refractivity contribution in [2.75, 3.05) is 14.1 Å². The number of fused-ring (bicyclic) bond motifs is 1. The average molecular weight is 434 g/mol. The van der Waals surface area contributed by atoms with E-state index in [0.29, 0.717) is 23.7 Å². The molecule has 1 aromatic carbocycles. The molecule has 152 valence electrons. The van der Waals surface area contributed by atoms with Crippen LogP contribution in [0.15, 0.2) is 49.9 Å². The van der Waals surface area contributed by atoms with Crippen LogP contribution in [0.25, 0.3) is 21.7 Å². The van der Waals surface area contributed by atoms with E-state index in [4.69, 9.17) is 4.52 Å². The molecule has 4 rings (SSSR count). The van der Waals surface area contributed by atoms with Gasteiger partial charge in [-0.2, -0.15) is 0 Å². The van der Waals surface area contributed by atoms with E-state index in [0.717, 1.165) is 14.7 Å². The van der Waals surface area contributed by atoms with Gasteiger partial charge in [-0.1, -0.05) is 11.2 Å². The molecule has 29 heavy (non-hydrogen) atoms. The van der Waals surface area contributed by atoms with Crippen LogP contribution in [0.3, 0.4) is 0 Å². The minimum absolute atomic E-state index is 0.161. The molecule has 0 aliphatic heterocycles. The predicted octanol–water partition coefficient (Wildman–Crippen LogP) is 2.23. The summed E-state index contributed by atoms with van der Waals surface area (Å²) in [6.45, 7) is 2.74. The number of benzene rings is 1. The summed E-state index contributed by atoms with van der Waals surface area (Å²) in [5.74, 6) is 0.486. The van der Waals surface area contributed by atoms with Gasteiger partial charge in [0.05, 0.1) is 27.4 Å². The standard InChI is InChI=1S/C18H19N5O4S2/c1-4-22-14-8-7-12(29(25,26)21(2)3)10-13(14)19-16(22)11-23-17(20-27-18(23)24)15-6-5-9-28-15/h5-10H,4,11H2,1-3H3. The summed E-state index contributed by atoms with van der Waals surface area (Å²) in [5, 5.41) is 5.79. The smallest absolute Gasteiger partial charge is 0.327 e. The largest absolute Gasteiger partial charge is 0.442 e. The number of sulfonamides is 1. The molecule has 3 aromatic heterocycles. The first-order chi connectivity index (χ1) is 13.8. The van der Waals surface area contributed by atoms with E-state index in [9.17, 15) is 13.2 Å². The van der Waals surface area contributed by atoms with Crippen LogP contribution < -0.4 is 5.76 Å². The van der Waals surface area contributed by atoms with Crippen molar-refractivity contribution in [2.45, 2.75) is 24.9 Å². The van der Waals surface area contributed by atoms with Crippen molar-refractivity contribution in [1.29, 1.82) is 0 Å². The maximum absolute atomic E-state index is 12.4. The Morgan fingerprint density at radius 2 is 2.00 bits per heavy atom. The van der Waals surface area contributed by atoms with Gasteiger partial charge in [-0.15, -0.1) is 11.3 Å². The van der Waals surface area contributed by atoms with Crippen molar-refractivity contribution in [1.82, 2.24) is 23.6 Å². The van der Waals surface area contributed by atoms with Crippen LogP contribution in [-0.2, 0) is 23.1 Å². The molecule has 11 heteroatoms. The second-order valence-electron chi connectivity index (χ2n) is 6.55. The molecule has 0 N–H and O–H groups in total. The maximum atomic E-state index is 12.4. The second kappa shape index (κ2) is 7.25. The third-order valence-electron chi connectivity index (χ3n) is 4.62. The molecule has 0 amide bonds. The van der Waals surface area contributed by atoms with Gasteiger partial charge in [-0.25, -0.2) is 27.1 Å². The Kier molecular flexibility index (Phi) is 4.89. The normalized spacial score (nSPS) is 12.3. The van der Waals surface area contributed by atoms with Crippen molar-refractivity contribution in [3.8, 4) is 10.7 Å². The molecule has 3 heterocycles. The highest BCUT2D eigenvalue weighted by Gasteiger charge is 2.21. The summed E-state index contributed by atoms with van der Waals surface area (Å²) in [4.78, 5) is 17.8. The lowest BCUT2D eigenvalue weighted by Crippen LogP contribution is -2.22. The first-order valence-electron chi connectivity index (χ1n) is 8.85. The van der Waals surface area contributed by atoms with E-state index in [1.54, 1.807) is 18.2 Å². The SMILES string of the molecule is CCn1c(Cn2c(-c3cccs3)noc2=O)nc2cc(S(=O)(=O)N(C)C)ccc21. The number of imidazole rings is 1. The van der Waals surface area contributed by atoms with E-state index in [1.807, 2.05) is 29.0 Å². The highest BCUT2D eigenvalue weighted by molar-refractivity contribution is 7.89. The minimum atomic E-state index is -3.57. The summed E-state index contributed by atoms with van der Waals surface area (Å²) in [6, 6.07) is 8.59. The molecule has 0 saturated carbocycles. The monoisotopic (exact) mass is 433 g/mol. The summed E-state index contributed by atoms with van der Waals surface area (Å²) >= 11 is 1.46. The Bertz CT molecular complexity index is 1330. The van der Waals surface area contributed by atoms with E-state index in [-0.39, 0.29) is 11.4 Å². The van der Waals surface area contributed by atoms with E-state index in [2.05, 4.69) is 10.1 Å². The molecular weight excluding hydrogens is 414 g/mol. The van der Waals surface area contributed by atoms with E-state index >= 15 is 0 Å². The number of aryl methyl sites for hydroxylation is 1. The highest BCUT2D eigenvalue weighted by Crippen LogP contribution is 2.25. The van der Waals surface area contributed by atoms with E-state index in [1.165, 1.54) is 30.0 Å². The van der Waals surface area contributed by atoms with Gasteiger partial charge in [0.2, 0.25) is 10.0 Å². The summed E-state index contributed by atoms with van der Waals surface area (Å²) in [6.07, 6.45) is 0. The van der Waals surface area contributed by atoms with Gasteiger partial charge < -0.3 is 4.57 Å². The fourth-order valence-corrected chi connectivity index (χ4v) is 4.77. The molecule has 0 atom stereocenters. The Balaban J connectivity index is 1.82. The van der Waals surface area contributed by atoms with Crippen LogP contribution in [0.4, 0.5) is 0 Å². The van der Waals surface area contributed by atoms with Crippen molar-refractivity contribution in [2.24, 2.45) is 0 Å². The van der Waals surface area contributed by atoms with Crippen molar-refractivity contribution >= 4 is 32.4 Å². The zero-order chi connectivity index (χ0) is 20.8. The van der Waals surface area contributed by atoms with Crippen LogP contribution in [0.2, 0.25) is 0 Å². The molecule has 0 aliphatic carbocycles. The number of rotatable bonds is 6. The molecule has 0 spiro atoms.